The molecule has 2 aromatic heterocycles. The molecule has 3 unspecified atom stereocenters. The van der Waals surface area contributed by atoms with Gasteiger partial charge in [0.2, 0.25) is 11.8 Å². The monoisotopic (exact) mass is 872 g/mol. The molecule has 4 rings (SSSR count). The van der Waals surface area contributed by atoms with Gasteiger partial charge in [0.25, 0.3) is 0 Å². The van der Waals surface area contributed by atoms with Gasteiger partial charge in [-0.3, -0.25) is 27.7 Å². The van der Waals surface area contributed by atoms with Crippen LogP contribution in [0, 0.1) is 5.41 Å². The third kappa shape index (κ3) is 12.7. The van der Waals surface area contributed by atoms with Crippen LogP contribution in [0.4, 0.5) is 5.82 Å². The van der Waals surface area contributed by atoms with Crippen LogP contribution >= 0.6 is 23.5 Å². The van der Waals surface area contributed by atoms with Gasteiger partial charge in [-0.25, -0.2) is 37.1 Å². The van der Waals surface area contributed by atoms with E-state index in [1.54, 1.807) is 0 Å². The molecular weight excluding hydrogens is 831 g/mol. The van der Waals surface area contributed by atoms with Crippen LogP contribution in [-0.4, -0.2) is 143 Å². The van der Waals surface area contributed by atoms with E-state index >= 15 is 0 Å². The van der Waals surface area contributed by atoms with Crippen LogP contribution in [0.25, 0.3) is 11.2 Å². The SMILES string of the molecule is CC(C)(COP(=O)(O)OP(=O)(O)OC[C@H]1O[C@@H](n2cnc3c(N)ncnc32)[C@H](O)[C@@H]1OP(=O)(O)O)[C@@H](O)C(=O)NCCC(=O)NC[C@H]1[SH+]C1CS(C)(=O)=O. The lowest BCUT2D eigenvalue weighted by atomic mass is 9.87. The first kappa shape index (κ1) is 44.6. The van der Waals surface area contributed by atoms with Gasteiger partial charge >= 0.3 is 23.5 Å². The van der Waals surface area contributed by atoms with Crippen molar-refractivity contribution < 1.29 is 84.1 Å². The number of carbonyl (C=O) groups is 2. The summed E-state index contributed by atoms with van der Waals surface area (Å²) in [6.07, 6.45) is -5.82. The maximum Gasteiger partial charge on any atom is 0.481 e. The average Bonchev–Trinajstić information content (AvgIpc) is 3.48. The summed E-state index contributed by atoms with van der Waals surface area (Å²) in [5.41, 5.74) is 4.24. The number of aliphatic hydroxyl groups excluding tert-OH is 2. The summed E-state index contributed by atoms with van der Waals surface area (Å²) >= 11 is 0.917. The normalized spacial score (nSPS) is 26.2. The number of aliphatic hydroxyl groups is 2. The second-order valence-corrected chi connectivity index (χ2v) is 20.9. The molecule has 0 aliphatic carbocycles. The van der Waals surface area contributed by atoms with Crippen LogP contribution in [0.15, 0.2) is 12.7 Å². The fourth-order valence-electron chi connectivity index (χ4n) is 5.01. The number of phosphoric acid groups is 3. The van der Waals surface area contributed by atoms with Gasteiger partial charge in [-0.1, -0.05) is 13.8 Å². The number of fused-ring (bicyclic) bond motifs is 1. The topological polar surface area (TPSA) is 381 Å². The predicted molar refractivity (Wildman–Crippen MR) is 186 cm³/mol. The van der Waals surface area contributed by atoms with Crippen LogP contribution in [0.2, 0.25) is 0 Å². The lowest BCUT2D eigenvalue weighted by molar-refractivity contribution is -0.137. The van der Waals surface area contributed by atoms with Crippen molar-refractivity contribution in [3.05, 3.63) is 12.7 Å². The summed E-state index contributed by atoms with van der Waals surface area (Å²) in [6.45, 7) is 0.509. The van der Waals surface area contributed by atoms with Crippen LogP contribution in [0.5, 0.6) is 0 Å². The fraction of sp³-hybridized carbons (Fsp3) is 0.708. The molecule has 0 saturated carbocycles. The molecule has 2 fully saturated rings. The Labute approximate surface area is 311 Å². The van der Waals surface area contributed by atoms with Crippen LogP contribution in [0.1, 0.15) is 26.5 Å². The second-order valence-electron chi connectivity index (χ2n) is 12.9. The largest absolute Gasteiger partial charge is 0.481 e. The Morgan fingerprint density at radius 1 is 1.09 bits per heavy atom. The molecule has 10 N–H and O–H groups in total. The molecule has 306 valence electrons. The number of imidazole rings is 1. The van der Waals surface area contributed by atoms with Gasteiger partial charge in [0, 0.05) is 24.6 Å². The zero-order valence-electron chi connectivity index (χ0n) is 28.6. The van der Waals surface area contributed by atoms with Gasteiger partial charge in [0.05, 0.1) is 26.1 Å². The molecule has 25 nitrogen and oxygen atoms in total. The van der Waals surface area contributed by atoms with Crippen molar-refractivity contribution in [2.75, 3.05) is 44.0 Å². The van der Waals surface area contributed by atoms with Crippen LogP contribution in [0.3, 0.4) is 0 Å². The molecule has 0 bridgehead atoms. The van der Waals surface area contributed by atoms with E-state index in [0.717, 1.165) is 35.2 Å². The molecule has 0 spiro atoms. The van der Waals surface area contributed by atoms with Gasteiger partial charge in [0.1, 0.15) is 42.0 Å². The highest BCUT2D eigenvalue weighted by molar-refractivity contribution is 7.94. The lowest BCUT2D eigenvalue weighted by Gasteiger charge is -2.30. The molecule has 2 saturated heterocycles. The minimum Gasteiger partial charge on any atom is -0.386 e. The Kier molecular flexibility index (Phi) is 14.1. The smallest absolute Gasteiger partial charge is 0.386 e. The number of nitrogens with zero attached hydrogens (tertiary/aromatic N) is 4. The lowest BCUT2D eigenvalue weighted by Crippen LogP contribution is -2.46. The minimum absolute atomic E-state index is 0.0104. The first-order valence-electron chi connectivity index (χ1n) is 15.5. The van der Waals surface area contributed by atoms with Crippen LogP contribution < -0.4 is 16.4 Å². The van der Waals surface area contributed by atoms with Crippen molar-refractivity contribution in [2.24, 2.45) is 5.41 Å². The maximum atomic E-state index is 12.6. The number of rotatable bonds is 20. The molecule has 2 aliphatic heterocycles. The number of nitrogen functional groups attached to an aromatic ring is 1. The highest BCUT2D eigenvalue weighted by Crippen LogP contribution is 2.61. The number of phosphoric ester groups is 3. The van der Waals surface area contributed by atoms with E-state index in [2.05, 4.69) is 34.4 Å². The highest BCUT2D eigenvalue weighted by Gasteiger charge is 2.52. The molecule has 0 radical (unpaired) electrons. The Hall–Kier alpha value is -2.16. The van der Waals surface area contributed by atoms with Gasteiger partial charge in [-0.15, -0.1) is 0 Å². The standard InChI is InChI=1S/C24H40N7O18P3S2/c1-24(2,19(34)22(35)26-5-4-15(32)27-6-13-14(53-13)8-54(3,43)44)9-46-52(41,42)49-51(39,40)45-7-12-18(48-50(36,37)38)17(33)23(47-12)31-11-30-16-20(25)28-10-29-21(16)31/h10-14,17-19,23,33-34H,4-9H2,1-3H3,(H,26,35)(H,27,32)(H,39,40)(H,41,42)(H2,25,28,29)(H2,36,37,38)/p+1/t12-,13-,14?,17-,18-,19+,23-/m1/s1. The number of ether oxygens (including phenoxy) is 1. The van der Waals surface area contributed by atoms with Crippen molar-refractivity contribution in [1.29, 1.82) is 0 Å². The number of nitrogens with one attached hydrogen (secondary N) is 2. The molecule has 9 atom stereocenters. The van der Waals surface area contributed by atoms with Crippen molar-refractivity contribution >= 4 is 73.9 Å². The van der Waals surface area contributed by atoms with Crippen LogP contribution in [-0.2, 0) is 67.5 Å². The number of hydrogen-bond acceptors (Lipinski definition) is 18. The third-order valence-electron chi connectivity index (χ3n) is 7.80. The minimum atomic E-state index is -5.57. The summed E-state index contributed by atoms with van der Waals surface area (Å²) in [7, 11) is -19.5. The van der Waals surface area contributed by atoms with Gasteiger partial charge in [0.15, 0.2) is 38.0 Å². The van der Waals surface area contributed by atoms with E-state index in [-0.39, 0.29) is 52.7 Å². The Morgan fingerprint density at radius 3 is 2.41 bits per heavy atom. The number of anilines is 1. The summed E-state index contributed by atoms with van der Waals surface area (Å²) in [5, 5.41) is 26.3. The molecule has 54 heavy (non-hydrogen) atoms. The molecular formula is C24H41N7O18P3S2+. The summed E-state index contributed by atoms with van der Waals surface area (Å²) in [5.74, 6) is -1.44. The van der Waals surface area contributed by atoms with E-state index in [1.807, 2.05) is 0 Å². The zero-order chi connectivity index (χ0) is 40.4. The quantitative estimate of drug-likeness (QED) is 0.0277. The number of nitrogens with two attached hydrogens (primary N) is 1. The van der Waals surface area contributed by atoms with Gasteiger partial charge in [-0.2, -0.15) is 4.31 Å². The number of sulfone groups is 1. The molecule has 2 aromatic rings. The molecule has 0 aromatic carbocycles. The first-order chi connectivity index (χ1) is 24.8. The van der Waals surface area contributed by atoms with E-state index in [9.17, 15) is 61.5 Å². The zero-order valence-corrected chi connectivity index (χ0v) is 33.0. The number of carbonyl (C=O) groups excluding carboxylic acids is 2. The number of amides is 2. The second kappa shape index (κ2) is 17.1. The summed E-state index contributed by atoms with van der Waals surface area (Å²) < 4.78 is 84.7. The fourth-order valence-corrected chi connectivity index (χ4v) is 10.8. The summed E-state index contributed by atoms with van der Waals surface area (Å²) in [4.78, 5) is 75.5. The highest BCUT2D eigenvalue weighted by atomic mass is 32.2. The summed E-state index contributed by atoms with van der Waals surface area (Å²) in [6, 6.07) is 0. The molecule has 2 amide bonds. The van der Waals surface area contributed by atoms with Gasteiger partial charge in [-0.05, 0) is 11.8 Å². The maximum absolute atomic E-state index is 12.6. The Morgan fingerprint density at radius 2 is 1.76 bits per heavy atom. The third-order valence-corrected chi connectivity index (χ3v) is 13.6. The van der Waals surface area contributed by atoms with Crippen molar-refractivity contribution in [3.8, 4) is 0 Å². The Bertz CT molecular complexity index is 1950. The number of thiol groups is 1. The first-order valence-corrected chi connectivity index (χ1v) is 23.2. The van der Waals surface area contributed by atoms with Crippen molar-refractivity contribution in [1.82, 2.24) is 30.2 Å². The van der Waals surface area contributed by atoms with Crippen molar-refractivity contribution in [3.63, 3.8) is 0 Å². The van der Waals surface area contributed by atoms with Crippen molar-refractivity contribution in [2.45, 2.75) is 61.4 Å². The average molecular weight is 873 g/mol. The molecule has 2 aliphatic rings. The molecule has 30 heteroatoms. The Balaban J connectivity index is 1.26. The van der Waals surface area contributed by atoms with E-state index in [4.69, 9.17) is 19.5 Å². The number of hydrogen-bond donors (Lipinski definition) is 9. The number of aromatic nitrogens is 4. The predicted octanol–water partition coefficient (Wildman–Crippen LogP) is -2.98. The van der Waals surface area contributed by atoms with E-state index in [0.29, 0.717) is 0 Å². The van der Waals surface area contributed by atoms with E-state index in [1.165, 1.54) is 13.8 Å². The molecule has 4 heterocycles. The van der Waals surface area contributed by atoms with Gasteiger partial charge < -0.3 is 50.9 Å². The van der Waals surface area contributed by atoms with E-state index < -0.39 is 94.4 Å².